The van der Waals surface area contributed by atoms with Gasteiger partial charge in [-0.3, -0.25) is 4.79 Å². The van der Waals surface area contributed by atoms with Gasteiger partial charge in [-0.15, -0.1) is 0 Å². The summed E-state index contributed by atoms with van der Waals surface area (Å²) >= 11 is 6.26. The Morgan fingerprint density at radius 2 is 1.95 bits per heavy atom. The molecule has 2 aromatic heterocycles. The summed E-state index contributed by atoms with van der Waals surface area (Å²) in [6, 6.07) is 11.3. The number of nitrogens with one attached hydrogen (secondary N) is 1. The van der Waals surface area contributed by atoms with Crippen LogP contribution in [0.2, 0.25) is 5.02 Å². The van der Waals surface area contributed by atoms with E-state index in [2.05, 4.69) is 10.1 Å². The third kappa shape index (κ3) is 2.51. The molecule has 22 heavy (non-hydrogen) atoms. The van der Waals surface area contributed by atoms with Gasteiger partial charge in [-0.1, -0.05) is 29.3 Å². The fourth-order valence-corrected chi connectivity index (χ4v) is 2.44. The molecule has 6 heteroatoms. The minimum atomic E-state index is -0.346. The SMILES string of the molecule is Cc1ccc(-n2ncc(N(C)c3ccc[nH]3)c(Cl)c2=O)cc1. The van der Waals surface area contributed by atoms with Gasteiger partial charge in [0.15, 0.2) is 0 Å². The quantitative estimate of drug-likeness (QED) is 0.807. The Hall–Kier alpha value is -2.53. The maximum absolute atomic E-state index is 12.5. The molecule has 0 saturated heterocycles. The number of H-pyrrole nitrogens is 1. The van der Waals surface area contributed by atoms with Crippen LogP contribution < -0.4 is 10.5 Å². The zero-order valence-corrected chi connectivity index (χ0v) is 13.0. The van der Waals surface area contributed by atoms with E-state index in [4.69, 9.17) is 11.6 Å². The molecule has 1 aromatic carbocycles. The predicted molar refractivity (Wildman–Crippen MR) is 88.4 cm³/mol. The van der Waals surface area contributed by atoms with Crippen LogP contribution >= 0.6 is 11.6 Å². The topological polar surface area (TPSA) is 53.9 Å². The fourth-order valence-electron chi connectivity index (χ4n) is 2.19. The highest BCUT2D eigenvalue weighted by Gasteiger charge is 2.15. The van der Waals surface area contributed by atoms with Crippen LogP contribution in [0.5, 0.6) is 0 Å². The van der Waals surface area contributed by atoms with Crippen molar-refractivity contribution in [2.45, 2.75) is 6.92 Å². The van der Waals surface area contributed by atoms with Gasteiger partial charge in [0.05, 0.1) is 17.6 Å². The molecule has 0 aliphatic carbocycles. The molecule has 1 N–H and O–H groups in total. The Morgan fingerprint density at radius 1 is 1.23 bits per heavy atom. The molecule has 0 unspecified atom stereocenters. The molecule has 3 rings (SSSR count). The second-order valence-corrected chi connectivity index (χ2v) is 5.39. The number of nitrogens with zero attached hydrogens (tertiary/aromatic N) is 3. The smallest absolute Gasteiger partial charge is 0.292 e. The lowest BCUT2D eigenvalue weighted by Gasteiger charge is -2.18. The number of benzene rings is 1. The highest BCUT2D eigenvalue weighted by atomic mass is 35.5. The van der Waals surface area contributed by atoms with E-state index in [1.54, 1.807) is 17.3 Å². The summed E-state index contributed by atoms with van der Waals surface area (Å²) in [4.78, 5) is 17.3. The Kier molecular flexibility index (Phi) is 3.73. The van der Waals surface area contributed by atoms with Crippen molar-refractivity contribution in [2.24, 2.45) is 0 Å². The number of hydrogen-bond donors (Lipinski definition) is 1. The van der Waals surface area contributed by atoms with Crippen molar-refractivity contribution in [1.29, 1.82) is 0 Å². The largest absolute Gasteiger partial charge is 0.348 e. The van der Waals surface area contributed by atoms with Crippen molar-refractivity contribution in [2.75, 3.05) is 11.9 Å². The number of halogens is 1. The summed E-state index contributed by atoms with van der Waals surface area (Å²) in [6.45, 7) is 1.99. The summed E-state index contributed by atoms with van der Waals surface area (Å²) in [7, 11) is 1.82. The van der Waals surface area contributed by atoms with Crippen LogP contribution in [0.1, 0.15) is 5.56 Å². The zero-order chi connectivity index (χ0) is 15.7. The van der Waals surface area contributed by atoms with Gasteiger partial charge in [-0.2, -0.15) is 9.78 Å². The number of rotatable bonds is 3. The number of hydrogen-bond acceptors (Lipinski definition) is 3. The van der Waals surface area contributed by atoms with E-state index in [9.17, 15) is 4.79 Å². The molecule has 0 saturated carbocycles. The standard InChI is InChI=1S/C16H15ClN4O/c1-11-5-7-12(8-6-11)21-16(22)15(17)13(10-19-21)20(2)14-4-3-9-18-14/h3-10,18H,1-2H3. The number of aromatic amines is 1. The lowest BCUT2D eigenvalue weighted by Crippen LogP contribution is -2.24. The normalized spacial score (nSPS) is 10.7. The number of aryl methyl sites for hydroxylation is 1. The molecule has 0 spiro atoms. The predicted octanol–water partition coefficient (Wildman–Crippen LogP) is 3.29. The molecule has 3 aromatic rings. The van der Waals surface area contributed by atoms with Crippen LogP contribution in [0.25, 0.3) is 5.69 Å². The van der Waals surface area contributed by atoms with Crippen molar-refractivity contribution in [1.82, 2.24) is 14.8 Å². The van der Waals surface area contributed by atoms with Crippen LogP contribution in [0.15, 0.2) is 53.6 Å². The molecule has 112 valence electrons. The van der Waals surface area contributed by atoms with Crippen LogP contribution in [0, 0.1) is 6.92 Å². The maximum atomic E-state index is 12.5. The van der Waals surface area contributed by atoms with E-state index in [1.807, 2.05) is 50.4 Å². The van der Waals surface area contributed by atoms with Crippen LogP contribution in [0.4, 0.5) is 11.5 Å². The van der Waals surface area contributed by atoms with Crippen LogP contribution in [-0.2, 0) is 0 Å². The second kappa shape index (κ2) is 5.69. The van der Waals surface area contributed by atoms with E-state index < -0.39 is 0 Å². The van der Waals surface area contributed by atoms with Crippen molar-refractivity contribution in [3.63, 3.8) is 0 Å². The summed E-state index contributed by atoms with van der Waals surface area (Å²) in [5.74, 6) is 0.830. The van der Waals surface area contributed by atoms with Crippen molar-refractivity contribution in [3.8, 4) is 5.69 Å². The molecule has 0 bridgehead atoms. The Morgan fingerprint density at radius 3 is 2.59 bits per heavy atom. The molecule has 0 aliphatic heterocycles. The van der Waals surface area contributed by atoms with E-state index in [0.717, 1.165) is 11.4 Å². The van der Waals surface area contributed by atoms with Gasteiger partial charge in [0, 0.05) is 13.2 Å². The molecule has 2 heterocycles. The molecule has 0 atom stereocenters. The van der Waals surface area contributed by atoms with Crippen LogP contribution in [0.3, 0.4) is 0 Å². The average molecular weight is 315 g/mol. The lowest BCUT2D eigenvalue weighted by atomic mass is 10.2. The second-order valence-electron chi connectivity index (χ2n) is 5.01. The first-order valence-electron chi connectivity index (χ1n) is 6.80. The summed E-state index contributed by atoms with van der Waals surface area (Å²) in [6.07, 6.45) is 3.39. The molecule has 0 fully saturated rings. The highest BCUT2D eigenvalue weighted by Crippen LogP contribution is 2.26. The first kappa shape index (κ1) is 14.4. The van der Waals surface area contributed by atoms with Gasteiger partial charge in [0.1, 0.15) is 10.8 Å². The van der Waals surface area contributed by atoms with Gasteiger partial charge in [0.25, 0.3) is 5.56 Å². The molecule has 0 amide bonds. The monoisotopic (exact) mass is 314 g/mol. The van der Waals surface area contributed by atoms with Gasteiger partial charge in [0.2, 0.25) is 0 Å². The van der Waals surface area contributed by atoms with E-state index >= 15 is 0 Å². The molecular weight excluding hydrogens is 300 g/mol. The molecule has 0 aliphatic rings. The Labute approximate surface area is 132 Å². The lowest BCUT2D eigenvalue weighted by molar-refractivity contribution is 0.804. The van der Waals surface area contributed by atoms with Gasteiger partial charge < -0.3 is 9.88 Å². The minimum Gasteiger partial charge on any atom is -0.348 e. The molecular formula is C16H15ClN4O. The zero-order valence-electron chi connectivity index (χ0n) is 12.2. The van der Waals surface area contributed by atoms with Crippen molar-refractivity contribution >= 4 is 23.1 Å². The summed E-state index contributed by atoms with van der Waals surface area (Å²) in [5, 5.41) is 4.37. The van der Waals surface area contributed by atoms with Gasteiger partial charge >= 0.3 is 0 Å². The summed E-state index contributed by atoms with van der Waals surface area (Å²) < 4.78 is 1.30. The molecule has 5 nitrogen and oxygen atoms in total. The number of aromatic nitrogens is 3. The van der Waals surface area contributed by atoms with Gasteiger partial charge in [-0.05, 0) is 31.2 Å². The maximum Gasteiger partial charge on any atom is 0.292 e. The van der Waals surface area contributed by atoms with E-state index in [0.29, 0.717) is 11.4 Å². The van der Waals surface area contributed by atoms with Gasteiger partial charge in [-0.25, -0.2) is 0 Å². The van der Waals surface area contributed by atoms with Crippen molar-refractivity contribution < 1.29 is 0 Å². The highest BCUT2D eigenvalue weighted by molar-refractivity contribution is 6.33. The molecule has 0 radical (unpaired) electrons. The average Bonchev–Trinajstić information content (AvgIpc) is 3.05. The Bertz CT molecular complexity index is 838. The van der Waals surface area contributed by atoms with E-state index in [1.165, 1.54) is 4.68 Å². The van der Waals surface area contributed by atoms with Crippen molar-refractivity contribution in [3.05, 3.63) is 69.7 Å². The fraction of sp³-hybridized carbons (Fsp3) is 0.125. The minimum absolute atomic E-state index is 0.132. The number of anilines is 2. The summed E-state index contributed by atoms with van der Waals surface area (Å²) in [5.41, 5.74) is 2.01. The first-order valence-corrected chi connectivity index (χ1v) is 7.17. The third-order valence-corrected chi connectivity index (χ3v) is 3.84. The Balaban J connectivity index is 2.05. The van der Waals surface area contributed by atoms with E-state index in [-0.39, 0.29) is 10.6 Å². The third-order valence-electron chi connectivity index (χ3n) is 3.48. The van der Waals surface area contributed by atoms with Crippen LogP contribution in [-0.4, -0.2) is 21.8 Å². The first-order chi connectivity index (χ1) is 10.6.